The Hall–Kier alpha value is -1.14. The first-order valence-electron chi connectivity index (χ1n) is 6.91. The minimum absolute atomic E-state index is 0.189. The molecule has 20 heavy (non-hydrogen) atoms. The van der Waals surface area contributed by atoms with Crippen LogP contribution in [0.15, 0.2) is 0 Å². The number of amides is 1. The fourth-order valence-electron chi connectivity index (χ4n) is 1.85. The van der Waals surface area contributed by atoms with E-state index in [0.717, 1.165) is 11.4 Å². The maximum Gasteiger partial charge on any atom is 0.256 e. The molecule has 0 saturated heterocycles. The second-order valence-corrected chi connectivity index (χ2v) is 6.61. The van der Waals surface area contributed by atoms with Gasteiger partial charge in [0.1, 0.15) is 5.00 Å². The highest BCUT2D eigenvalue weighted by atomic mass is 32.1. The van der Waals surface area contributed by atoms with Gasteiger partial charge in [0.05, 0.1) is 16.9 Å². The lowest BCUT2D eigenvalue weighted by molar-refractivity contribution is 0.0429. The van der Waals surface area contributed by atoms with E-state index in [2.05, 4.69) is 28.9 Å². The molecule has 0 aliphatic heterocycles. The Labute approximate surface area is 125 Å². The summed E-state index contributed by atoms with van der Waals surface area (Å²) in [6.45, 7) is 8.05. The predicted molar refractivity (Wildman–Crippen MR) is 83.4 cm³/mol. The van der Waals surface area contributed by atoms with Crippen LogP contribution in [0.2, 0.25) is 0 Å². The molecule has 6 heteroatoms. The van der Waals surface area contributed by atoms with E-state index in [1.54, 1.807) is 14.0 Å². The summed E-state index contributed by atoms with van der Waals surface area (Å²) in [5, 5.41) is 16.8. The number of aliphatic hydroxyl groups is 1. The first-order chi connectivity index (χ1) is 9.26. The monoisotopic (exact) mass is 299 g/mol. The molecule has 0 radical (unpaired) electrons. The summed E-state index contributed by atoms with van der Waals surface area (Å²) >= 11 is 1.27. The largest absolute Gasteiger partial charge is 0.388 e. The van der Waals surface area contributed by atoms with Crippen LogP contribution in [0, 0.1) is 12.8 Å². The van der Waals surface area contributed by atoms with E-state index >= 15 is 0 Å². The topological polar surface area (TPSA) is 74.2 Å². The fourth-order valence-corrected chi connectivity index (χ4v) is 2.60. The smallest absolute Gasteiger partial charge is 0.256 e. The van der Waals surface area contributed by atoms with Crippen molar-refractivity contribution in [3.63, 3.8) is 0 Å². The zero-order valence-corrected chi connectivity index (χ0v) is 13.7. The van der Waals surface area contributed by atoms with Crippen LogP contribution in [0.25, 0.3) is 0 Å². The minimum atomic E-state index is -0.878. The van der Waals surface area contributed by atoms with Gasteiger partial charge in [-0.15, -0.1) is 0 Å². The number of rotatable bonds is 7. The average Bonchev–Trinajstić information content (AvgIpc) is 2.75. The summed E-state index contributed by atoms with van der Waals surface area (Å²) in [6, 6.07) is 0. The van der Waals surface area contributed by atoms with Crippen LogP contribution in [-0.4, -0.2) is 34.6 Å². The molecule has 0 aromatic carbocycles. The Morgan fingerprint density at radius 1 is 1.50 bits per heavy atom. The number of nitrogens with one attached hydrogen (secondary N) is 2. The zero-order valence-electron chi connectivity index (χ0n) is 12.9. The van der Waals surface area contributed by atoms with Crippen LogP contribution >= 0.6 is 11.5 Å². The molecule has 0 aliphatic rings. The van der Waals surface area contributed by atoms with Crippen molar-refractivity contribution in [3.8, 4) is 0 Å². The molecular weight excluding hydrogens is 274 g/mol. The second-order valence-electron chi connectivity index (χ2n) is 5.83. The van der Waals surface area contributed by atoms with Crippen molar-refractivity contribution in [2.45, 2.75) is 46.1 Å². The van der Waals surface area contributed by atoms with Gasteiger partial charge in [0.15, 0.2) is 0 Å². The van der Waals surface area contributed by atoms with Crippen LogP contribution in [0.1, 0.15) is 49.7 Å². The fraction of sp³-hybridized carbons (Fsp3) is 0.714. The summed E-state index contributed by atoms with van der Waals surface area (Å²) in [5.74, 6) is 0.349. The lowest BCUT2D eigenvalue weighted by atomic mass is 9.95. The van der Waals surface area contributed by atoms with Crippen molar-refractivity contribution in [2.24, 2.45) is 5.92 Å². The maximum atomic E-state index is 12.2. The number of nitrogens with zero attached hydrogens (tertiary/aromatic N) is 1. The van der Waals surface area contributed by atoms with Gasteiger partial charge in [0.2, 0.25) is 0 Å². The molecule has 1 atom stereocenters. The Morgan fingerprint density at radius 3 is 2.70 bits per heavy atom. The SMILES string of the molecule is CNc1snc(C)c1C(=O)NCC(C)(O)CCC(C)C. The van der Waals surface area contributed by atoms with E-state index in [1.165, 1.54) is 11.5 Å². The molecule has 3 N–H and O–H groups in total. The van der Waals surface area contributed by atoms with Crippen LogP contribution in [0.3, 0.4) is 0 Å². The number of hydrogen-bond acceptors (Lipinski definition) is 5. The van der Waals surface area contributed by atoms with Crippen molar-refractivity contribution >= 4 is 22.4 Å². The molecular formula is C14H25N3O2S. The Kier molecular flexibility index (Phi) is 5.95. The lowest BCUT2D eigenvalue weighted by Crippen LogP contribution is -2.41. The first-order valence-corrected chi connectivity index (χ1v) is 7.69. The summed E-state index contributed by atoms with van der Waals surface area (Å²) in [6.07, 6.45) is 1.61. The van der Waals surface area contributed by atoms with Gasteiger partial charge in [-0.3, -0.25) is 4.79 Å². The standard InChI is InChI=1S/C14H25N3O2S/c1-9(2)6-7-14(4,19)8-16-12(18)11-10(3)17-20-13(11)15-5/h9,15,19H,6-8H2,1-5H3,(H,16,18). The van der Waals surface area contributed by atoms with Crippen LogP contribution < -0.4 is 10.6 Å². The van der Waals surface area contributed by atoms with E-state index in [-0.39, 0.29) is 12.5 Å². The molecule has 0 fully saturated rings. The van der Waals surface area contributed by atoms with Gasteiger partial charge < -0.3 is 15.7 Å². The quantitative estimate of drug-likeness (QED) is 0.723. The first kappa shape index (κ1) is 16.9. The van der Waals surface area contributed by atoms with Crippen molar-refractivity contribution in [2.75, 3.05) is 18.9 Å². The highest BCUT2D eigenvalue weighted by molar-refractivity contribution is 7.10. The Balaban J connectivity index is 2.60. The van der Waals surface area contributed by atoms with Crippen molar-refractivity contribution in [1.29, 1.82) is 0 Å². The third-order valence-electron chi connectivity index (χ3n) is 3.21. The third kappa shape index (κ3) is 4.76. The molecule has 1 heterocycles. The lowest BCUT2D eigenvalue weighted by Gasteiger charge is -2.24. The molecule has 0 aliphatic carbocycles. The number of hydrogen-bond donors (Lipinski definition) is 3. The normalized spacial score (nSPS) is 14.2. The number of carbonyl (C=O) groups is 1. The van der Waals surface area contributed by atoms with Crippen molar-refractivity contribution < 1.29 is 9.90 Å². The van der Waals surface area contributed by atoms with Gasteiger partial charge in [-0.05, 0) is 44.1 Å². The molecule has 0 spiro atoms. The molecule has 1 aromatic rings. The van der Waals surface area contributed by atoms with Gasteiger partial charge in [0, 0.05) is 13.6 Å². The number of anilines is 1. The van der Waals surface area contributed by atoms with Crippen molar-refractivity contribution in [1.82, 2.24) is 9.69 Å². The highest BCUT2D eigenvalue weighted by Gasteiger charge is 2.24. The third-order valence-corrected chi connectivity index (χ3v) is 4.16. The zero-order chi connectivity index (χ0) is 15.3. The van der Waals surface area contributed by atoms with E-state index < -0.39 is 5.60 Å². The molecule has 0 bridgehead atoms. The number of carbonyl (C=O) groups excluding carboxylic acids is 1. The van der Waals surface area contributed by atoms with Crippen LogP contribution in [0.5, 0.6) is 0 Å². The minimum Gasteiger partial charge on any atom is -0.388 e. The van der Waals surface area contributed by atoms with E-state index in [9.17, 15) is 9.90 Å². The summed E-state index contributed by atoms with van der Waals surface area (Å²) < 4.78 is 4.17. The van der Waals surface area contributed by atoms with E-state index in [1.807, 2.05) is 6.92 Å². The van der Waals surface area contributed by atoms with Gasteiger partial charge in [-0.1, -0.05) is 13.8 Å². The summed E-state index contributed by atoms with van der Waals surface area (Å²) in [4.78, 5) is 12.2. The van der Waals surface area contributed by atoms with Crippen LogP contribution in [0.4, 0.5) is 5.00 Å². The van der Waals surface area contributed by atoms with Gasteiger partial charge in [-0.2, -0.15) is 4.37 Å². The summed E-state index contributed by atoms with van der Waals surface area (Å²) in [5.41, 5.74) is 0.396. The van der Waals surface area contributed by atoms with Gasteiger partial charge >= 0.3 is 0 Å². The molecule has 1 rings (SSSR count). The molecule has 5 nitrogen and oxygen atoms in total. The Morgan fingerprint density at radius 2 is 2.15 bits per heavy atom. The predicted octanol–water partition coefficient (Wildman–Crippen LogP) is 2.41. The molecule has 1 aromatic heterocycles. The summed E-state index contributed by atoms with van der Waals surface area (Å²) in [7, 11) is 1.77. The molecule has 114 valence electrons. The number of aromatic nitrogens is 1. The maximum absolute atomic E-state index is 12.2. The molecule has 1 amide bonds. The van der Waals surface area contributed by atoms with Gasteiger partial charge in [0.25, 0.3) is 5.91 Å². The van der Waals surface area contributed by atoms with Crippen LogP contribution in [-0.2, 0) is 0 Å². The highest BCUT2D eigenvalue weighted by Crippen LogP contribution is 2.24. The number of aryl methyl sites for hydroxylation is 1. The van der Waals surface area contributed by atoms with Gasteiger partial charge in [-0.25, -0.2) is 0 Å². The molecule has 1 unspecified atom stereocenters. The average molecular weight is 299 g/mol. The van der Waals surface area contributed by atoms with E-state index in [0.29, 0.717) is 23.6 Å². The second kappa shape index (κ2) is 7.04. The van der Waals surface area contributed by atoms with E-state index in [4.69, 9.17) is 0 Å². The van der Waals surface area contributed by atoms with Crippen molar-refractivity contribution in [3.05, 3.63) is 11.3 Å². The molecule has 0 saturated carbocycles. The Bertz CT molecular complexity index is 455.